The first-order chi connectivity index (χ1) is 6.70. The first kappa shape index (κ1) is 11.6. The highest BCUT2D eigenvalue weighted by Crippen LogP contribution is 2.22. The van der Waals surface area contributed by atoms with Gasteiger partial charge in [0.25, 0.3) is 0 Å². The summed E-state index contributed by atoms with van der Waals surface area (Å²) in [6.45, 7) is 0. The van der Waals surface area contributed by atoms with Crippen LogP contribution in [0.5, 0.6) is 0 Å². The Labute approximate surface area is 97.7 Å². The first-order valence-corrected chi connectivity index (χ1v) is 6.27. The van der Waals surface area contributed by atoms with E-state index < -0.39 is 0 Å². The lowest BCUT2D eigenvalue weighted by atomic mass is 10.2. The SMILES string of the molecule is O=[N+]([O-])c1c(CCBr)n[nH]c1CCBr. The van der Waals surface area contributed by atoms with Crippen molar-refractivity contribution in [1.82, 2.24) is 10.2 Å². The monoisotopic (exact) mass is 325 g/mol. The zero-order chi connectivity index (χ0) is 10.6. The molecule has 0 aliphatic carbocycles. The number of aromatic amines is 1. The standard InChI is InChI=1S/C7H9Br2N3O2/c8-3-1-5-7(12(13)14)6(2-4-9)11-10-5/h1-4H2,(H,10,11). The van der Waals surface area contributed by atoms with Gasteiger partial charge in [-0.3, -0.25) is 15.2 Å². The summed E-state index contributed by atoms with van der Waals surface area (Å²) in [7, 11) is 0. The fourth-order valence-electron chi connectivity index (χ4n) is 1.16. The van der Waals surface area contributed by atoms with Crippen molar-refractivity contribution in [2.24, 2.45) is 0 Å². The molecule has 7 heteroatoms. The van der Waals surface area contributed by atoms with Gasteiger partial charge in [0.1, 0.15) is 11.4 Å². The second-order valence-corrected chi connectivity index (χ2v) is 4.22. The van der Waals surface area contributed by atoms with E-state index >= 15 is 0 Å². The number of aryl methyl sites for hydroxylation is 2. The van der Waals surface area contributed by atoms with Gasteiger partial charge in [-0.2, -0.15) is 5.10 Å². The number of alkyl halides is 2. The Morgan fingerprint density at radius 3 is 2.50 bits per heavy atom. The van der Waals surface area contributed by atoms with Gasteiger partial charge in [-0.15, -0.1) is 0 Å². The van der Waals surface area contributed by atoms with E-state index in [0.717, 1.165) is 0 Å². The number of halogens is 2. The minimum absolute atomic E-state index is 0.129. The van der Waals surface area contributed by atoms with Crippen LogP contribution in [0.1, 0.15) is 11.4 Å². The molecule has 1 N–H and O–H groups in total. The summed E-state index contributed by atoms with van der Waals surface area (Å²) in [5, 5.41) is 18.8. The third kappa shape index (κ3) is 2.54. The average molecular weight is 327 g/mol. The summed E-state index contributed by atoms with van der Waals surface area (Å²) in [5.74, 6) is 0. The molecule has 1 heterocycles. The zero-order valence-corrected chi connectivity index (χ0v) is 10.5. The summed E-state index contributed by atoms with van der Waals surface area (Å²) in [4.78, 5) is 10.4. The van der Waals surface area contributed by atoms with Crippen LogP contribution < -0.4 is 0 Å². The lowest BCUT2D eigenvalue weighted by Gasteiger charge is -1.94. The van der Waals surface area contributed by atoms with Crippen LogP contribution in [0.25, 0.3) is 0 Å². The molecule has 78 valence electrons. The predicted octanol–water partition coefficient (Wildman–Crippen LogP) is 2.19. The van der Waals surface area contributed by atoms with Gasteiger partial charge in [-0.25, -0.2) is 0 Å². The largest absolute Gasteiger partial charge is 0.313 e. The third-order valence-corrected chi connectivity index (χ3v) is 2.54. The van der Waals surface area contributed by atoms with Crippen LogP contribution in [0.4, 0.5) is 5.69 Å². The van der Waals surface area contributed by atoms with E-state index in [9.17, 15) is 10.1 Å². The summed E-state index contributed by atoms with van der Waals surface area (Å²) in [5.41, 5.74) is 1.23. The van der Waals surface area contributed by atoms with E-state index in [1.807, 2.05) is 0 Å². The van der Waals surface area contributed by atoms with Crippen molar-refractivity contribution in [1.29, 1.82) is 0 Å². The Morgan fingerprint density at radius 1 is 1.36 bits per heavy atom. The second-order valence-electron chi connectivity index (χ2n) is 2.63. The minimum Gasteiger partial charge on any atom is -0.275 e. The summed E-state index contributed by atoms with van der Waals surface area (Å²) >= 11 is 6.47. The molecule has 0 saturated carbocycles. The van der Waals surface area contributed by atoms with E-state index in [2.05, 4.69) is 42.1 Å². The number of rotatable bonds is 5. The molecule has 0 amide bonds. The summed E-state index contributed by atoms with van der Waals surface area (Å²) in [6, 6.07) is 0. The molecule has 1 aromatic rings. The number of hydrogen-bond acceptors (Lipinski definition) is 3. The molecule has 0 aromatic carbocycles. The Kier molecular flexibility index (Phi) is 4.53. The molecule has 1 aromatic heterocycles. The van der Waals surface area contributed by atoms with Crippen molar-refractivity contribution in [2.75, 3.05) is 10.7 Å². The summed E-state index contributed by atoms with van der Waals surface area (Å²) in [6.07, 6.45) is 1.15. The number of aromatic nitrogens is 2. The van der Waals surface area contributed by atoms with Crippen LogP contribution in [0.3, 0.4) is 0 Å². The highest BCUT2D eigenvalue weighted by atomic mass is 79.9. The van der Waals surface area contributed by atoms with Crippen LogP contribution in [-0.2, 0) is 12.8 Å². The van der Waals surface area contributed by atoms with E-state index in [4.69, 9.17) is 0 Å². The maximum Gasteiger partial charge on any atom is 0.313 e. The van der Waals surface area contributed by atoms with Crippen molar-refractivity contribution >= 4 is 37.5 Å². The summed E-state index contributed by atoms with van der Waals surface area (Å²) < 4.78 is 0. The minimum atomic E-state index is -0.376. The van der Waals surface area contributed by atoms with E-state index in [1.165, 1.54) is 0 Å². The highest BCUT2D eigenvalue weighted by Gasteiger charge is 2.22. The highest BCUT2D eigenvalue weighted by molar-refractivity contribution is 9.09. The van der Waals surface area contributed by atoms with Crippen molar-refractivity contribution in [2.45, 2.75) is 12.8 Å². The van der Waals surface area contributed by atoms with Gasteiger partial charge in [0.05, 0.1) is 4.92 Å². The number of H-pyrrole nitrogens is 1. The Morgan fingerprint density at radius 2 is 2.00 bits per heavy atom. The normalized spacial score (nSPS) is 10.4. The van der Waals surface area contributed by atoms with Gasteiger partial charge in [-0.1, -0.05) is 31.9 Å². The van der Waals surface area contributed by atoms with Gasteiger partial charge in [0.2, 0.25) is 0 Å². The molecule has 5 nitrogen and oxygen atoms in total. The van der Waals surface area contributed by atoms with Gasteiger partial charge in [0, 0.05) is 23.5 Å². The van der Waals surface area contributed by atoms with Gasteiger partial charge in [-0.05, 0) is 0 Å². The van der Waals surface area contributed by atoms with E-state index in [1.54, 1.807) is 0 Å². The first-order valence-electron chi connectivity index (χ1n) is 4.03. The van der Waals surface area contributed by atoms with Gasteiger partial charge < -0.3 is 0 Å². The number of nitro groups is 1. The molecule has 0 saturated heterocycles. The molecular weight excluding hydrogens is 318 g/mol. The fourth-order valence-corrected chi connectivity index (χ4v) is 1.94. The van der Waals surface area contributed by atoms with Crippen LogP contribution >= 0.6 is 31.9 Å². The van der Waals surface area contributed by atoms with Crippen LogP contribution in [0.2, 0.25) is 0 Å². The Balaban J connectivity index is 3.00. The van der Waals surface area contributed by atoms with Crippen molar-refractivity contribution in [3.05, 3.63) is 21.5 Å². The Bertz CT molecular complexity index is 303. The zero-order valence-electron chi connectivity index (χ0n) is 7.30. The molecule has 0 spiro atoms. The number of nitrogens with zero attached hydrogens (tertiary/aromatic N) is 2. The molecule has 0 radical (unpaired) electrons. The van der Waals surface area contributed by atoms with E-state index in [-0.39, 0.29) is 10.6 Å². The molecule has 0 atom stereocenters. The second kappa shape index (κ2) is 5.45. The van der Waals surface area contributed by atoms with Crippen molar-refractivity contribution in [3.63, 3.8) is 0 Å². The van der Waals surface area contributed by atoms with Gasteiger partial charge >= 0.3 is 5.69 Å². The smallest absolute Gasteiger partial charge is 0.275 e. The molecular formula is C7H9Br2N3O2. The van der Waals surface area contributed by atoms with Crippen LogP contribution in [0.15, 0.2) is 0 Å². The number of hydrogen-bond donors (Lipinski definition) is 1. The molecule has 1 rings (SSSR count). The molecule has 0 fully saturated rings. The van der Waals surface area contributed by atoms with Crippen LogP contribution in [-0.4, -0.2) is 25.8 Å². The molecule has 0 aliphatic heterocycles. The predicted molar refractivity (Wildman–Crippen MR) is 60.2 cm³/mol. The molecule has 0 unspecified atom stereocenters. The van der Waals surface area contributed by atoms with E-state index in [0.29, 0.717) is 34.9 Å². The molecule has 0 bridgehead atoms. The fraction of sp³-hybridized carbons (Fsp3) is 0.571. The van der Waals surface area contributed by atoms with Gasteiger partial charge in [0.15, 0.2) is 0 Å². The maximum atomic E-state index is 10.8. The van der Waals surface area contributed by atoms with Crippen molar-refractivity contribution < 1.29 is 4.92 Å². The van der Waals surface area contributed by atoms with Crippen molar-refractivity contribution in [3.8, 4) is 0 Å². The third-order valence-electron chi connectivity index (χ3n) is 1.74. The molecule has 14 heavy (non-hydrogen) atoms. The van der Waals surface area contributed by atoms with Crippen LogP contribution in [0, 0.1) is 10.1 Å². The lowest BCUT2D eigenvalue weighted by molar-refractivity contribution is -0.386. The molecule has 0 aliphatic rings. The topological polar surface area (TPSA) is 71.8 Å². The lowest BCUT2D eigenvalue weighted by Crippen LogP contribution is -1.97. The number of nitrogens with one attached hydrogen (secondary N) is 1. The average Bonchev–Trinajstić information content (AvgIpc) is 2.49. The Hall–Kier alpha value is -0.430. The quantitative estimate of drug-likeness (QED) is 0.512. The maximum absolute atomic E-state index is 10.8.